The molecular weight excluding hydrogens is 342 g/mol. The number of carbonyl (C=O) groups excluding carboxylic acids is 1. The lowest BCUT2D eigenvalue weighted by Gasteiger charge is -2.17. The summed E-state index contributed by atoms with van der Waals surface area (Å²) >= 11 is 0. The van der Waals surface area contributed by atoms with Gasteiger partial charge in [-0.05, 0) is 31.9 Å². The molecule has 0 bridgehead atoms. The van der Waals surface area contributed by atoms with E-state index in [1.54, 1.807) is 15.8 Å². The average Bonchev–Trinajstić information content (AvgIpc) is 3.43. The fraction of sp³-hybridized carbons (Fsp3) is 0.368. The van der Waals surface area contributed by atoms with Gasteiger partial charge in [0, 0.05) is 26.3 Å². The molecule has 0 aromatic carbocycles. The summed E-state index contributed by atoms with van der Waals surface area (Å²) in [4.78, 5) is 21.5. The summed E-state index contributed by atoms with van der Waals surface area (Å²) in [6, 6.07) is 4.07. The molecule has 2 aliphatic rings. The minimum atomic E-state index is -0.0246. The van der Waals surface area contributed by atoms with E-state index in [9.17, 15) is 4.79 Å². The first-order chi connectivity index (χ1) is 13.1. The molecular formula is C19H21N7O. The number of aromatic nitrogens is 5. The highest BCUT2D eigenvalue weighted by atomic mass is 16.2. The maximum atomic E-state index is 12.9. The summed E-state index contributed by atoms with van der Waals surface area (Å²) in [5, 5.41) is 8.85. The molecule has 0 radical (unpaired) electrons. The summed E-state index contributed by atoms with van der Waals surface area (Å²) in [6.45, 7) is 4.54. The predicted octanol–water partition coefficient (Wildman–Crippen LogP) is 2.07. The van der Waals surface area contributed by atoms with E-state index in [0.29, 0.717) is 12.1 Å². The van der Waals surface area contributed by atoms with Crippen LogP contribution in [0.15, 0.2) is 30.7 Å². The van der Waals surface area contributed by atoms with Crippen molar-refractivity contribution >= 4 is 17.4 Å². The zero-order chi connectivity index (χ0) is 18.5. The van der Waals surface area contributed by atoms with Gasteiger partial charge in [0.05, 0.1) is 47.3 Å². The molecule has 3 aromatic rings. The van der Waals surface area contributed by atoms with Crippen molar-refractivity contribution in [3.63, 3.8) is 0 Å². The third-order valence-electron chi connectivity index (χ3n) is 5.37. The van der Waals surface area contributed by atoms with Crippen molar-refractivity contribution in [2.75, 3.05) is 22.9 Å². The SMILES string of the molecule is Cc1c2c(nn1-c1ccc(N3CCCC3)nc1)CN(c1cnn(C)c1)C2=O. The van der Waals surface area contributed by atoms with Crippen LogP contribution in [-0.4, -0.2) is 43.5 Å². The van der Waals surface area contributed by atoms with Gasteiger partial charge in [0.15, 0.2) is 0 Å². The van der Waals surface area contributed by atoms with Gasteiger partial charge in [0.25, 0.3) is 5.91 Å². The van der Waals surface area contributed by atoms with Crippen molar-refractivity contribution in [2.45, 2.75) is 26.3 Å². The Bertz CT molecular complexity index is 1010. The Morgan fingerprint density at radius 3 is 2.52 bits per heavy atom. The monoisotopic (exact) mass is 363 g/mol. The van der Waals surface area contributed by atoms with Crippen LogP contribution in [0.1, 0.15) is 34.6 Å². The molecule has 2 aliphatic heterocycles. The number of amides is 1. The number of aryl methyl sites for hydroxylation is 1. The number of hydrogen-bond donors (Lipinski definition) is 0. The first kappa shape index (κ1) is 16.0. The average molecular weight is 363 g/mol. The summed E-state index contributed by atoms with van der Waals surface area (Å²) in [5.41, 5.74) is 4.00. The number of hydrogen-bond acceptors (Lipinski definition) is 5. The third kappa shape index (κ3) is 2.51. The Labute approximate surface area is 157 Å². The third-order valence-corrected chi connectivity index (χ3v) is 5.37. The molecule has 0 unspecified atom stereocenters. The topological polar surface area (TPSA) is 72.1 Å². The Morgan fingerprint density at radius 2 is 1.89 bits per heavy atom. The minimum Gasteiger partial charge on any atom is -0.357 e. The van der Waals surface area contributed by atoms with Crippen LogP contribution >= 0.6 is 0 Å². The second-order valence-electron chi connectivity index (χ2n) is 7.15. The summed E-state index contributed by atoms with van der Waals surface area (Å²) < 4.78 is 3.52. The zero-order valence-electron chi connectivity index (χ0n) is 15.5. The number of nitrogens with zero attached hydrogens (tertiary/aromatic N) is 7. The largest absolute Gasteiger partial charge is 0.357 e. The highest BCUT2D eigenvalue weighted by Crippen LogP contribution is 2.31. The molecule has 1 fully saturated rings. The molecule has 0 aliphatic carbocycles. The molecule has 27 heavy (non-hydrogen) atoms. The molecule has 1 saturated heterocycles. The van der Waals surface area contributed by atoms with Gasteiger partial charge in [0.1, 0.15) is 5.82 Å². The molecule has 8 heteroatoms. The Balaban J connectivity index is 1.44. The van der Waals surface area contributed by atoms with Crippen LogP contribution in [0.5, 0.6) is 0 Å². The Kier molecular flexibility index (Phi) is 3.53. The fourth-order valence-corrected chi connectivity index (χ4v) is 3.95. The van der Waals surface area contributed by atoms with Crippen molar-refractivity contribution in [1.29, 1.82) is 0 Å². The number of anilines is 2. The van der Waals surface area contributed by atoms with Crippen LogP contribution in [0.4, 0.5) is 11.5 Å². The molecule has 138 valence electrons. The molecule has 0 spiro atoms. The lowest BCUT2D eigenvalue weighted by molar-refractivity contribution is 0.0995. The van der Waals surface area contributed by atoms with Gasteiger partial charge in [-0.25, -0.2) is 9.67 Å². The van der Waals surface area contributed by atoms with Crippen molar-refractivity contribution in [1.82, 2.24) is 24.5 Å². The molecule has 0 atom stereocenters. The van der Waals surface area contributed by atoms with Crippen molar-refractivity contribution in [2.24, 2.45) is 7.05 Å². The molecule has 1 amide bonds. The molecule has 0 N–H and O–H groups in total. The predicted molar refractivity (Wildman–Crippen MR) is 101 cm³/mol. The lowest BCUT2D eigenvalue weighted by atomic mass is 10.2. The van der Waals surface area contributed by atoms with E-state index < -0.39 is 0 Å². The molecule has 8 nitrogen and oxygen atoms in total. The lowest BCUT2D eigenvalue weighted by Crippen LogP contribution is -2.24. The highest BCUT2D eigenvalue weighted by molar-refractivity contribution is 6.10. The Morgan fingerprint density at radius 1 is 1.07 bits per heavy atom. The zero-order valence-corrected chi connectivity index (χ0v) is 15.5. The maximum absolute atomic E-state index is 12.9. The van der Waals surface area contributed by atoms with Crippen molar-refractivity contribution in [3.05, 3.63) is 47.7 Å². The first-order valence-corrected chi connectivity index (χ1v) is 9.22. The van der Waals surface area contributed by atoms with E-state index in [-0.39, 0.29) is 5.91 Å². The second-order valence-corrected chi connectivity index (χ2v) is 7.15. The number of pyridine rings is 1. The van der Waals surface area contributed by atoms with Crippen LogP contribution in [0, 0.1) is 6.92 Å². The number of fused-ring (bicyclic) bond motifs is 1. The van der Waals surface area contributed by atoms with E-state index in [1.165, 1.54) is 12.8 Å². The standard InChI is InChI=1S/C19H21N7O/c1-13-18-16(12-25(19(18)27)15-10-21-23(2)11-15)22-26(13)14-5-6-17(20-9-14)24-7-3-4-8-24/h5-6,9-11H,3-4,7-8,12H2,1-2H3. The summed E-state index contributed by atoms with van der Waals surface area (Å²) in [5.74, 6) is 0.982. The molecule has 5 rings (SSSR count). The van der Waals surface area contributed by atoms with Gasteiger partial charge in [-0.1, -0.05) is 0 Å². The number of carbonyl (C=O) groups is 1. The Hall–Kier alpha value is -3.16. The van der Waals surface area contributed by atoms with Gasteiger partial charge < -0.3 is 4.90 Å². The van der Waals surface area contributed by atoms with E-state index in [4.69, 9.17) is 5.10 Å². The quantitative estimate of drug-likeness (QED) is 0.712. The van der Waals surface area contributed by atoms with Crippen LogP contribution in [-0.2, 0) is 13.6 Å². The van der Waals surface area contributed by atoms with Gasteiger partial charge >= 0.3 is 0 Å². The second kappa shape index (κ2) is 5.94. The van der Waals surface area contributed by atoms with E-state index in [0.717, 1.165) is 41.7 Å². The van der Waals surface area contributed by atoms with Gasteiger partial charge in [-0.2, -0.15) is 10.2 Å². The van der Waals surface area contributed by atoms with Gasteiger partial charge in [-0.3, -0.25) is 14.4 Å². The molecule has 3 aromatic heterocycles. The van der Waals surface area contributed by atoms with Crippen molar-refractivity contribution in [3.8, 4) is 5.69 Å². The van der Waals surface area contributed by atoms with Gasteiger partial charge in [0.2, 0.25) is 0 Å². The molecule has 0 saturated carbocycles. The van der Waals surface area contributed by atoms with Crippen LogP contribution < -0.4 is 9.80 Å². The molecule has 5 heterocycles. The van der Waals surface area contributed by atoms with Gasteiger partial charge in [-0.15, -0.1) is 0 Å². The highest BCUT2D eigenvalue weighted by Gasteiger charge is 2.35. The fourth-order valence-electron chi connectivity index (χ4n) is 3.95. The van der Waals surface area contributed by atoms with Crippen molar-refractivity contribution < 1.29 is 4.79 Å². The van der Waals surface area contributed by atoms with E-state index in [1.807, 2.05) is 43.2 Å². The van der Waals surface area contributed by atoms with Crippen LogP contribution in [0.25, 0.3) is 5.69 Å². The summed E-state index contributed by atoms with van der Waals surface area (Å²) in [6.07, 6.45) is 7.84. The van der Waals surface area contributed by atoms with Crippen LogP contribution in [0.2, 0.25) is 0 Å². The maximum Gasteiger partial charge on any atom is 0.262 e. The smallest absolute Gasteiger partial charge is 0.262 e. The minimum absolute atomic E-state index is 0.0246. The van der Waals surface area contributed by atoms with E-state index in [2.05, 4.69) is 15.0 Å². The van der Waals surface area contributed by atoms with E-state index >= 15 is 0 Å². The normalized spacial score (nSPS) is 16.4. The summed E-state index contributed by atoms with van der Waals surface area (Å²) in [7, 11) is 1.84. The first-order valence-electron chi connectivity index (χ1n) is 9.22. The number of rotatable bonds is 3. The van der Waals surface area contributed by atoms with Crippen LogP contribution in [0.3, 0.4) is 0 Å².